The van der Waals surface area contributed by atoms with Crippen LogP contribution < -0.4 is 11.1 Å². The SMILES string of the molecule is CC(C)Cc1cc(CNC(=O)Cn2c(=O)oc3ccccc32)no1. The third-order valence-electron chi connectivity index (χ3n) is 3.56. The number of nitrogens with zero attached hydrogens (tertiary/aromatic N) is 2. The van der Waals surface area contributed by atoms with Gasteiger partial charge in [-0.3, -0.25) is 9.36 Å². The second-order valence-electron chi connectivity index (χ2n) is 6.08. The molecule has 0 aliphatic carbocycles. The molecule has 2 aromatic heterocycles. The molecule has 0 fully saturated rings. The van der Waals surface area contributed by atoms with Crippen LogP contribution in [0.5, 0.6) is 0 Å². The Hall–Kier alpha value is -2.83. The fourth-order valence-electron chi connectivity index (χ4n) is 2.49. The first-order chi connectivity index (χ1) is 11.5. The summed E-state index contributed by atoms with van der Waals surface area (Å²) in [5.41, 5.74) is 1.71. The van der Waals surface area contributed by atoms with Crippen molar-refractivity contribution >= 4 is 17.0 Å². The number of amides is 1. The second-order valence-corrected chi connectivity index (χ2v) is 6.08. The number of carbonyl (C=O) groups is 1. The predicted octanol–water partition coefficient (Wildman–Crippen LogP) is 2.10. The molecule has 0 aliphatic heterocycles. The topological polar surface area (TPSA) is 90.3 Å². The Balaban J connectivity index is 1.62. The Bertz CT molecular complexity index is 904. The third kappa shape index (κ3) is 3.56. The standard InChI is InChI=1S/C17H19N3O4/c1-11(2)7-13-8-12(19-24-13)9-18-16(21)10-20-14-5-3-4-6-15(14)23-17(20)22/h3-6,8,11H,7,9-10H2,1-2H3,(H,18,21). The second kappa shape index (κ2) is 6.74. The molecular formula is C17H19N3O4. The highest BCUT2D eigenvalue weighted by Gasteiger charge is 2.13. The van der Waals surface area contributed by atoms with Gasteiger partial charge in [0.1, 0.15) is 18.0 Å². The zero-order valence-corrected chi connectivity index (χ0v) is 13.6. The van der Waals surface area contributed by atoms with E-state index in [1.807, 2.05) is 6.07 Å². The molecule has 0 radical (unpaired) electrons. The first kappa shape index (κ1) is 16.0. The summed E-state index contributed by atoms with van der Waals surface area (Å²) in [7, 11) is 0. The number of fused-ring (bicyclic) bond motifs is 1. The van der Waals surface area contributed by atoms with Crippen LogP contribution >= 0.6 is 0 Å². The highest BCUT2D eigenvalue weighted by molar-refractivity contribution is 5.79. The summed E-state index contributed by atoms with van der Waals surface area (Å²) < 4.78 is 11.6. The van der Waals surface area contributed by atoms with Gasteiger partial charge in [0.05, 0.1) is 12.1 Å². The van der Waals surface area contributed by atoms with Gasteiger partial charge < -0.3 is 14.3 Å². The zero-order valence-electron chi connectivity index (χ0n) is 13.6. The number of hydrogen-bond acceptors (Lipinski definition) is 5. The molecule has 7 heteroatoms. The lowest BCUT2D eigenvalue weighted by molar-refractivity contribution is -0.121. The first-order valence-corrected chi connectivity index (χ1v) is 7.82. The summed E-state index contributed by atoms with van der Waals surface area (Å²) in [5.74, 6) is 0.428. The van der Waals surface area contributed by atoms with Crippen molar-refractivity contribution in [3.63, 3.8) is 0 Å². The van der Waals surface area contributed by atoms with Gasteiger partial charge in [-0.1, -0.05) is 31.1 Å². The third-order valence-corrected chi connectivity index (χ3v) is 3.56. The maximum Gasteiger partial charge on any atom is 0.420 e. The molecule has 1 N–H and O–H groups in total. The fraction of sp³-hybridized carbons (Fsp3) is 0.353. The lowest BCUT2D eigenvalue weighted by atomic mass is 10.1. The van der Waals surface area contributed by atoms with E-state index in [0.717, 1.165) is 12.2 Å². The van der Waals surface area contributed by atoms with Gasteiger partial charge in [0.15, 0.2) is 5.58 Å². The molecule has 0 aliphatic rings. The normalized spacial score (nSPS) is 11.3. The van der Waals surface area contributed by atoms with Crippen LogP contribution in [-0.2, 0) is 24.3 Å². The number of aromatic nitrogens is 2. The summed E-state index contributed by atoms with van der Waals surface area (Å²) in [4.78, 5) is 23.9. The van der Waals surface area contributed by atoms with E-state index >= 15 is 0 Å². The Morgan fingerprint density at radius 1 is 1.33 bits per heavy atom. The summed E-state index contributed by atoms with van der Waals surface area (Å²) >= 11 is 0. The molecule has 3 aromatic rings. The molecule has 0 atom stereocenters. The molecule has 3 rings (SSSR count). The molecule has 7 nitrogen and oxygen atoms in total. The highest BCUT2D eigenvalue weighted by atomic mass is 16.5. The van der Waals surface area contributed by atoms with E-state index in [4.69, 9.17) is 8.94 Å². The number of carbonyl (C=O) groups excluding carboxylic acids is 1. The molecular weight excluding hydrogens is 310 g/mol. The number of oxazole rings is 1. The maximum absolute atomic E-state index is 12.1. The quantitative estimate of drug-likeness (QED) is 0.748. The molecule has 0 unspecified atom stereocenters. The largest absolute Gasteiger partial charge is 0.420 e. The van der Waals surface area contributed by atoms with Crippen molar-refractivity contribution in [2.45, 2.75) is 33.4 Å². The van der Waals surface area contributed by atoms with Crippen LogP contribution in [0.3, 0.4) is 0 Å². The van der Waals surface area contributed by atoms with Gasteiger partial charge >= 0.3 is 5.76 Å². The van der Waals surface area contributed by atoms with Crippen LogP contribution in [0.15, 0.2) is 44.1 Å². The summed E-state index contributed by atoms with van der Waals surface area (Å²) in [6.07, 6.45) is 0.803. The van der Waals surface area contributed by atoms with Crippen molar-refractivity contribution in [2.75, 3.05) is 0 Å². The predicted molar refractivity (Wildman–Crippen MR) is 87.4 cm³/mol. The Morgan fingerprint density at radius 2 is 2.12 bits per heavy atom. The van der Waals surface area contributed by atoms with E-state index in [1.165, 1.54) is 4.57 Å². The number of para-hydroxylation sites is 2. The zero-order chi connectivity index (χ0) is 17.1. The Kier molecular flexibility index (Phi) is 4.50. The number of nitrogens with one attached hydrogen (secondary N) is 1. The van der Waals surface area contributed by atoms with Crippen LogP contribution in [0.2, 0.25) is 0 Å². The van der Waals surface area contributed by atoms with Crippen molar-refractivity contribution in [2.24, 2.45) is 5.92 Å². The van der Waals surface area contributed by atoms with E-state index in [1.54, 1.807) is 24.3 Å². The lowest BCUT2D eigenvalue weighted by Gasteiger charge is -2.03. The van der Waals surface area contributed by atoms with Gasteiger partial charge in [0.2, 0.25) is 5.91 Å². The molecule has 126 valence electrons. The van der Waals surface area contributed by atoms with Crippen molar-refractivity contribution < 1.29 is 13.7 Å². The van der Waals surface area contributed by atoms with Crippen LogP contribution in [-0.4, -0.2) is 15.6 Å². The van der Waals surface area contributed by atoms with Crippen LogP contribution in [0.4, 0.5) is 0 Å². The van der Waals surface area contributed by atoms with Crippen LogP contribution in [0, 0.1) is 5.92 Å². The van der Waals surface area contributed by atoms with Gasteiger partial charge in [-0.05, 0) is 18.1 Å². The van der Waals surface area contributed by atoms with Gasteiger partial charge in [0, 0.05) is 12.5 Å². The molecule has 24 heavy (non-hydrogen) atoms. The van der Waals surface area contributed by atoms with Gasteiger partial charge in [-0.2, -0.15) is 0 Å². The Morgan fingerprint density at radius 3 is 2.92 bits per heavy atom. The highest BCUT2D eigenvalue weighted by Crippen LogP contribution is 2.12. The van der Waals surface area contributed by atoms with Crippen LogP contribution in [0.1, 0.15) is 25.3 Å². The average Bonchev–Trinajstić information content (AvgIpc) is 3.10. The van der Waals surface area contributed by atoms with E-state index in [-0.39, 0.29) is 19.0 Å². The molecule has 1 amide bonds. The monoisotopic (exact) mass is 329 g/mol. The van der Waals surface area contributed by atoms with Gasteiger partial charge in [0.25, 0.3) is 0 Å². The smallest absolute Gasteiger partial charge is 0.408 e. The number of rotatable bonds is 6. The molecule has 1 aromatic carbocycles. The van der Waals surface area contributed by atoms with E-state index in [0.29, 0.717) is 22.7 Å². The molecule has 0 spiro atoms. The number of benzene rings is 1. The van der Waals surface area contributed by atoms with E-state index in [2.05, 4.69) is 24.3 Å². The van der Waals surface area contributed by atoms with Crippen LogP contribution in [0.25, 0.3) is 11.1 Å². The van der Waals surface area contributed by atoms with Crippen molar-refractivity contribution in [1.29, 1.82) is 0 Å². The average molecular weight is 329 g/mol. The van der Waals surface area contributed by atoms with Crippen molar-refractivity contribution in [3.05, 3.63) is 52.3 Å². The van der Waals surface area contributed by atoms with E-state index < -0.39 is 5.76 Å². The van der Waals surface area contributed by atoms with Gasteiger partial charge in [-0.15, -0.1) is 0 Å². The molecule has 0 saturated heterocycles. The minimum absolute atomic E-state index is 0.105. The molecule has 0 bridgehead atoms. The summed E-state index contributed by atoms with van der Waals surface area (Å²) in [6.45, 7) is 4.34. The fourth-order valence-corrected chi connectivity index (χ4v) is 2.49. The Labute approximate surface area is 138 Å². The number of hydrogen-bond donors (Lipinski definition) is 1. The molecule has 0 saturated carbocycles. The summed E-state index contributed by atoms with van der Waals surface area (Å²) in [5, 5.41) is 6.66. The minimum atomic E-state index is -0.549. The summed E-state index contributed by atoms with van der Waals surface area (Å²) in [6, 6.07) is 8.83. The minimum Gasteiger partial charge on any atom is -0.408 e. The van der Waals surface area contributed by atoms with E-state index in [9.17, 15) is 9.59 Å². The molecule has 2 heterocycles. The first-order valence-electron chi connectivity index (χ1n) is 7.82. The van der Waals surface area contributed by atoms with Crippen molar-refractivity contribution in [1.82, 2.24) is 15.0 Å². The maximum atomic E-state index is 12.1. The van der Waals surface area contributed by atoms with Gasteiger partial charge in [-0.25, -0.2) is 4.79 Å². The van der Waals surface area contributed by atoms with Crippen molar-refractivity contribution in [3.8, 4) is 0 Å². The lowest BCUT2D eigenvalue weighted by Crippen LogP contribution is -2.30.